The van der Waals surface area contributed by atoms with Crippen molar-refractivity contribution in [2.24, 2.45) is 5.10 Å². The number of benzene rings is 3. The van der Waals surface area contributed by atoms with Gasteiger partial charge in [0.05, 0.1) is 6.21 Å². The summed E-state index contributed by atoms with van der Waals surface area (Å²) in [5.41, 5.74) is 3.60. The summed E-state index contributed by atoms with van der Waals surface area (Å²) in [5.74, 6) is -0.614. The largest absolute Gasteiger partial charge is 0.507 e. The number of phenolic OH excluding ortho intramolecular Hbond substituents is 1. The van der Waals surface area contributed by atoms with Gasteiger partial charge in [0.1, 0.15) is 17.6 Å². The Morgan fingerprint density at radius 2 is 1.85 bits per heavy atom. The predicted molar refractivity (Wildman–Crippen MR) is 101 cm³/mol. The first-order valence-corrected chi connectivity index (χ1v) is 8.10. The third-order valence-corrected chi connectivity index (χ3v) is 3.94. The molecule has 1 atom stereocenters. The lowest BCUT2D eigenvalue weighted by Gasteiger charge is -2.13. The number of carbonyl (C=O) groups is 1. The van der Waals surface area contributed by atoms with Crippen molar-refractivity contribution in [1.82, 2.24) is 5.43 Å². The van der Waals surface area contributed by atoms with Crippen molar-refractivity contribution in [2.75, 3.05) is 5.32 Å². The molecule has 0 aliphatic rings. The zero-order valence-corrected chi connectivity index (χ0v) is 14.1. The number of hydrogen-bond donors (Lipinski definition) is 3. The monoisotopic (exact) mass is 351 g/mol. The number of nitrogens with one attached hydrogen (secondary N) is 2. The molecule has 0 aromatic heterocycles. The SMILES string of the molecule is C[C@@H](Nc1ccc(F)cc1)C(=O)N/N=C\c1c(O)ccc2ccccc12. The van der Waals surface area contributed by atoms with Crippen LogP contribution in [0.15, 0.2) is 65.8 Å². The van der Waals surface area contributed by atoms with Crippen LogP contribution in [0.2, 0.25) is 0 Å². The molecule has 0 bridgehead atoms. The van der Waals surface area contributed by atoms with E-state index in [0.29, 0.717) is 11.3 Å². The average Bonchev–Trinajstić information content (AvgIpc) is 2.65. The average molecular weight is 351 g/mol. The molecule has 0 saturated heterocycles. The maximum absolute atomic E-state index is 12.9. The molecule has 0 spiro atoms. The highest BCUT2D eigenvalue weighted by atomic mass is 19.1. The second-order valence-corrected chi connectivity index (χ2v) is 5.83. The van der Waals surface area contributed by atoms with E-state index in [9.17, 15) is 14.3 Å². The van der Waals surface area contributed by atoms with Gasteiger partial charge in [-0.05, 0) is 48.0 Å². The molecular formula is C20H18FN3O2. The number of aromatic hydroxyl groups is 1. The van der Waals surface area contributed by atoms with Crippen molar-refractivity contribution in [2.45, 2.75) is 13.0 Å². The Hall–Kier alpha value is -3.41. The summed E-state index contributed by atoms with van der Waals surface area (Å²) in [6, 6.07) is 16.1. The fraction of sp³-hybridized carbons (Fsp3) is 0.100. The van der Waals surface area contributed by atoms with Crippen molar-refractivity contribution >= 4 is 28.6 Å². The van der Waals surface area contributed by atoms with Gasteiger partial charge in [-0.15, -0.1) is 0 Å². The number of fused-ring (bicyclic) bond motifs is 1. The molecule has 3 N–H and O–H groups in total. The van der Waals surface area contributed by atoms with Gasteiger partial charge in [-0.3, -0.25) is 4.79 Å². The zero-order chi connectivity index (χ0) is 18.5. The van der Waals surface area contributed by atoms with Crippen LogP contribution in [-0.2, 0) is 4.79 Å². The summed E-state index contributed by atoms with van der Waals surface area (Å²) in [7, 11) is 0. The molecule has 0 heterocycles. The van der Waals surface area contributed by atoms with E-state index in [1.54, 1.807) is 25.1 Å². The smallest absolute Gasteiger partial charge is 0.262 e. The zero-order valence-electron chi connectivity index (χ0n) is 14.1. The molecule has 0 fully saturated rings. The number of amides is 1. The molecule has 6 heteroatoms. The number of hydrogen-bond acceptors (Lipinski definition) is 4. The van der Waals surface area contributed by atoms with E-state index in [-0.39, 0.29) is 17.5 Å². The fourth-order valence-corrected chi connectivity index (χ4v) is 2.54. The van der Waals surface area contributed by atoms with Crippen LogP contribution in [0, 0.1) is 5.82 Å². The van der Waals surface area contributed by atoms with Gasteiger partial charge in [0.2, 0.25) is 0 Å². The van der Waals surface area contributed by atoms with E-state index in [4.69, 9.17) is 0 Å². The van der Waals surface area contributed by atoms with Crippen LogP contribution >= 0.6 is 0 Å². The maximum atomic E-state index is 12.9. The van der Waals surface area contributed by atoms with E-state index in [0.717, 1.165) is 10.8 Å². The van der Waals surface area contributed by atoms with Gasteiger partial charge >= 0.3 is 0 Å². The van der Waals surface area contributed by atoms with Crippen LogP contribution in [0.3, 0.4) is 0 Å². The Labute approximate surface area is 150 Å². The second-order valence-electron chi connectivity index (χ2n) is 5.83. The normalized spacial score (nSPS) is 12.2. The maximum Gasteiger partial charge on any atom is 0.262 e. The highest BCUT2D eigenvalue weighted by Gasteiger charge is 2.12. The van der Waals surface area contributed by atoms with Crippen LogP contribution in [-0.4, -0.2) is 23.3 Å². The number of phenols is 1. The van der Waals surface area contributed by atoms with E-state index in [1.165, 1.54) is 18.3 Å². The molecular weight excluding hydrogens is 333 g/mol. The molecule has 3 aromatic carbocycles. The van der Waals surface area contributed by atoms with Gasteiger partial charge in [0.25, 0.3) is 5.91 Å². The fourth-order valence-electron chi connectivity index (χ4n) is 2.54. The number of halogens is 1. The lowest BCUT2D eigenvalue weighted by Crippen LogP contribution is -2.34. The Bertz CT molecular complexity index is 955. The summed E-state index contributed by atoms with van der Waals surface area (Å²) >= 11 is 0. The van der Waals surface area contributed by atoms with E-state index in [2.05, 4.69) is 15.8 Å². The molecule has 3 rings (SSSR count). The molecule has 0 aliphatic carbocycles. The van der Waals surface area contributed by atoms with Crippen molar-refractivity contribution < 1.29 is 14.3 Å². The molecule has 3 aromatic rings. The van der Waals surface area contributed by atoms with Crippen molar-refractivity contribution in [1.29, 1.82) is 0 Å². The molecule has 0 aliphatic heterocycles. The summed E-state index contributed by atoms with van der Waals surface area (Å²) < 4.78 is 12.9. The van der Waals surface area contributed by atoms with Gasteiger partial charge in [-0.2, -0.15) is 5.10 Å². The van der Waals surface area contributed by atoms with E-state index < -0.39 is 6.04 Å². The molecule has 0 unspecified atom stereocenters. The molecule has 1 amide bonds. The van der Waals surface area contributed by atoms with Crippen molar-refractivity contribution in [3.63, 3.8) is 0 Å². The van der Waals surface area contributed by atoms with Gasteiger partial charge in [0.15, 0.2) is 0 Å². The quantitative estimate of drug-likeness (QED) is 0.485. The van der Waals surface area contributed by atoms with Gasteiger partial charge < -0.3 is 10.4 Å². The summed E-state index contributed by atoms with van der Waals surface area (Å²) in [5, 5.41) is 18.8. The Morgan fingerprint density at radius 1 is 1.12 bits per heavy atom. The Morgan fingerprint density at radius 3 is 2.62 bits per heavy atom. The first kappa shape index (κ1) is 17.4. The third-order valence-electron chi connectivity index (χ3n) is 3.94. The highest BCUT2D eigenvalue weighted by Crippen LogP contribution is 2.25. The summed E-state index contributed by atoms with van der Waals surface area (Å²) in [6.45, 7) is 1.67. The molecule has 26 heavy (non-hydrogen) atoms. The topological polar surface area (TPSA) is 73.7 Å². The van der Waals surface area contributed by atoms with Crippen LogP contribution in [0.4, 0.5) is 10.1 Å². The van der Waals surface area contributed by atoms with E-state index >= 15 is 0 Å². The summed E-state index contributed by atoms with van der Waals surface area (Å²) in [6.07, 6.45) is 1.42. The van der Waals surface area contributed by atoms with Gasteiger partial charge in [-0.1, -0.05) is 30.3 Å². The molecule has 0 radical (unpaired) electrons. The molecule has 0 saturated carbocycles. The highest BCUT2D eigenvalue weighted by molar-refractivity contribution is 6.02. The number of rotatable bonds is 5. The van der Waals surface area contributed by atoms with Crippen LogP contribution in [0.5, 0.6) is 5.75 Å². The number of carbonyl (C=O) groups excluding carboxylic acids is 1. The second kappa shape index (κ2) is 7.65. The minimum atomic E-state index is -0.571. The first-order chi connectivity index (χ1) is 12.5. The number of hydrazone groups is 1. The van der Waals surface area contributed by atoms with Crippen LogP contribution in [0.25, 0.3) is 10.8 Å². The first-order valence-electron chi connectivity index (χ1n) is 8.10. The lowest BCUT2D eigenvalue weighted by atomic mass is 10.0. The van der Waals surface area contributed by atoms with Crippen LogP contribution < -0.4 is 10.7 Å². The van der Waals surface area contributed by atoms with Crippen molar-refractivity contribution in [3.8, 4) is 5.75 Å². The van der Waals surface area contributed by atoms with E-state index in [1.807, 2.05) is 30.3 Å². The minimum absolute atomic E-state index is 0.0826. The predicted octanol–water partition coefficient (Wildman–Crippen LogP) is 3.64. The number of anilines is 1. The molecule has 132 valence electrons. The Kier molecular flexibility index (Phi) is 5.12. The Balaban J connectivity index is 1.67. The number of nitrogens with zero attached hydrogens (tertiary/aromatic N) is 1. The van der Waals surface area contributed by atoms with Crippen molar-refractivity contribution in [3.05, 3.63) is 72.0 Å². The summed E-state index contributed by atoms with van der Waals surface area (Å²) in [4.78, 5) is 12.1. The van der Waals surface area contributed by atoms with Gasteiger partial charge in [0, 0.05) is 11.3 Å². The third kappa shape index (κ3) is 3.97. The standard InChI is InChI=1S/C20H18FN3O2/c1-13(23-16-9-7-15(21)8-10-16)20(26)24-22-12-18-17-5-3-2-4-14(17)6-11-19(18)25/h2-13,23,25H,1H3,(H,24,26)/b22-12-/t13-/m1/s1. The lowest BCUT2D eigenvalue weighted by molar-refractivity contribution is -0.121. The minimum Gasteiger partial charge on any atom is -0.507 e. The molecule has 5 nitrogen and oxygen atoms in total. The van der Waals surface area contributed by atoms with Gasteiger partial charge in [-0.25, -0.2) is 9.82 Å². The van der Waals surface area contributed by atoms with Crippen LogP contribution in [0.1, 0.15) is 12.5 Å².